The van der Waals surface area contributed by atoms with E-state index in [1.165, 1.54) is 22.7 Å². The molecular weight excluding hydrogens is 358 g/mol. The van der Waals surface area contributed by atoms with Gasteiger partial charge in [0.15, 0.2) is 0 Å². The van der Waals surface area contributed by atoms with Crippen LogP contribution in [-0.2, 0) is 26.3 Å². The van der Waals surface area contributed by atoms with Crippen molar-refractivity contribution in [2.75, 3.05) is 40.4 Å². The first kappa shape index (κ1) is 20.8. The SMILES string of the molecule is Cc1cnn(CCC(=O)NCCN(C2CCOCC2)S(=O)(=O)N(C)C)c1. The molecule has 2 rings (SSSR count). The molecule has 0 unspecified atom stereocenters. The van der Waals surface area contributed by atoms with Gasteiger partial charge in [0.2, 0.25) is 5.91 Å². The number of nitrogens with one attached hydrogen (secondary N) is 1. The number of ether oxygens (including phenoxy) is 1. The minimum atomic E-state index is -3.54. The van der Waals surface area contributed by atoms with Gasteiger partial charge in [-0.2, -0.15) is 22.1 Å². The average Bonchev–Trinajstić information content (AvgIpc) is 3.02. The van der Waals surface area contributed by atoms with Crippen molar-refractivity contribution in [3.8, 4) is 0 Å². The lowest BCUT2D eigenvalue weighted by molar-refractivity contribution is -0.121. The third kappa shape index (κ3) is 5.76. The van der Waals surface area contributed by atoms with Crippen LogP contribution < -0.4 is 5.32 Å². The van der Waals surface area contributed by atoms with Gasteiger partial charge in [-0.1, -0.05) is 0 Å². The van der Waals surface area contributed by atoms with Crippen molar-refractivity contribution in [1.29, 1.82) is 0 Å². The summed E-state index contributed by atoms with van der Waals surface area (Å²) >= 11 is 0. The summed E-state index contributed by atoms with van der Waals surface area (Å²) in [5.74, 6) is -0.118. The average molecular weight is 388 g/mol. The molecule has 1 saturated heterocycles. The fraction of sp³-hybridized carbons (Fsp3) is 0.750. The monoisotopic (exact) mass is 387 g/mol. The van der Waals surface area contributed by atoms with Crippen molar-refractivity contribution in [3.63, 3.8) is 0 Å². The Kier molecular flexibility index (Phi) is 7.56. The van der Waals surface area contributed by atoms with Crippen LogP contribution in [0.5, 0.6) is 0 Å². The Morgan fingerprint density at radius 3 is 2.65 bits per heavy atom. The highest BCUT2D eigenvalue weighted by atomic mass is 32.2. The van der Waals surface area contributed by atoms with Crippen molar-refractivity contribution < 1.29 is 17.9 Å². The number of amides is 1. The molecule has 0 aliphatic carbocycles. The van der Waals surface area contributed by atoms with Gasteiger partial charge in [0.1, 0.15) is 0 Å². The number of carbonyl (C=O) groups is 1. The third-order valence-electron chi connectivity index (χ3n) is 4.34. The largest absolute Gasteiger partial charge is 0.381 e. The Hall–Kier alpha value is -1.49. The summed E-state index contributed by atoms with van der Waals surface area (Å²) in [6.07, 6.45) is 5.26. The summed E-state index contributed by atoms with van der Waals surface area (Å²) in [5, 5.41) is 6.95. The Balaban J connectivity index is 1.84. The van der Waals surface area contributed by atoms with Gasteiger partial charge in [-0.3, -0.25) is 9.48 Å². The topological polar surface area (TPSA) is 96.8 Å². The number of hydrogen-bond donors (Lipinski definition) is 1. The molecule has 26 heavy (non-hydrogen) atoms. The standard InChI is InChI=1S/C16H29N5O4S/c1-14-12-18-20(13-14)8-4-16(22)17-7-9-21(26(23,24)19(2)3)15-5-10-25-11-6-15/h12-13,15H,4-11H2,1-3H3,(H,17,22). The van der Waals surface area contributed by atoms with Crippen LogP contribution in [0.3, 0.4) is 0 Å². The second kappa shape index (κ2) is 9.45. The van der Waals surface area contributed by atoms with Gasteiger partial charge >= 0.3 is 0 Å². The lowest BCUT2D eigenvalue weighted by Crippen LogP contribution is -2.50. The van der Waals surface area contributed by atoms with Crippen LogP contribution in [0.25, 0.3) is 0 Å². The van der Waals surface area contributed by atoms with Crippen LogP contribution in [0, 0.1) is 6.92 Å². The van der Waals surface area contributed by atoms with Gasteiger partial charge in [0.25, 0.3) is 10.2 Å². The number of rotatable bonds is 9. The van der Waals surface area contributed by atoms with E-state index in [1.54, 1.807) is 10.9 Å². The molecule has 1 fully saturated rings. The van der Waals surface area contributed by atoms with E-state index in [4.69, 9.17) is 4.74 Å². The summed E-state index contributed by atoms with van der Waals surface area (Å²) in [5.41, 5.74) is 1.05. The Labute approximate surface area is 155 Å². The molecule has 0 spiro atoms. The zero-order valence-electron chi connectivity index (χ0n) is 15.7. The van der Waals surface area contributed by atoms with E-state index in [2.05, 4.69) is 10.4 Å². The number of aryl methyl sites for hydroxylation is 2. The molecule has 9 nitrogen and oxygen atoms in total. The second-order valence-corrected chi connectivity index (χ2v) is 8.72. The van der Waals surface area contributed by atoms with E-state index in [0.29, 0.717) is 39.0 Å². The third-order valence-corrected chi connectivity index (χ3v) is 6.34. The van der Waals surface area contributed by atoms with Gasteiger partial charge in [-0.05, 0) is 25.3 Å². The fourth-order valence-electron chi connectivity index (χ4n) is 2.87. The molecular formula is C16H29N5O4S. The smallest absolute Gasteiger partial charge is 0.281 e. The van der Waals surface area contributed by atoms with Gasteiger partial charge in [0, 0.05) is 65.6 Å². The molecule has 1 N–H and O–H groups in total. The van der Waals surface area contributed by atoms with Crippen LogP contribution in [0.15, 0.2) is 12.4 Å². The molecule has 10 heteroatoms. The maximum absolute atomic E-state index is 12.6. The fourth-order valence-corrected chi connectivity index (χ4v) is 4.20. The quantitative estimate of drug-likeness (QED) is 0.643. The molecule has 1 amide bonds. The van der Waals surface area contributed by atoms with E-state index in [-0.39, 0.29) is 25.0 Å². The molecule has 1 aromatic heterocycles. The first-order valence-corrected chi connectivity index (χ1v) is 10.2. The molecule has 0 saturated carbocycles. The van der Waals surface area contributed by atoms with Crippen molar-refractivity contribution in [2.24, 2.45) is 0 Å². The first-order chi connectivity index (χ1) is 12.3. The molecule has 2 heterocycles. The lowest BCUT2D eigenvalue weighted by atomic mass is 10.1. The molecule has 1 aliphatic rings. The van der Waals surface area contributed by atoms with Gasteiger partial charge in [-0.25, -0.2) is 0 Å². The van der Waals surface area contributed by atoms with E-state index in [0.717, 1.165) is 5.56 Å². The summed E-state index contributed by atoms with van der Waals surface area (Å²) in [6, 6.07) is -0.0971. The Morgan fingerprint density at radius 2 is 2.08 bits per heavy atom. The minimum absolute atomic E-state index is 0.0971. The van der Waals surface area contributed by atoms with Crippen molar-refractivity contribution in [2.45, 2.75) is 38.8 Å². The number of hydrogen-bond acceptors (Lipinski definition) is 5. The number of nitrogens with zero attached hydrogens (tertiary/aromatic N) is 4. The van der Waals surface area contributed by atoms with Crippen LogP contribution in [0.1, 0.15) is 24.8 Å². The van der Waals surface area contributed by atoms with Crippen LogP contribution >= 0.6 is 0 Å². The Bertz CT molecular complexity index is 683. The van der Waals surface area contributed by atoms with Gasteiger partial charge < -0.3 is 10.1 Å². The predicted molar refractivity (Wildman–Crippen MR) is 97.7 cm³/mol. The highest BCUT2D eigenvalue weighted by Crippen LogP contribution is 2.18. The van der Waals surface area contributed by atoms with Crippen LogP contribution in [0.4, 0.5) is 0 Å². The molecule has 1 aromatic rings. The molecule has 1 aliphatic heterocycles. The molecule has 0 bridgehead atoms. The second-order valence-electron chi connectivity index (χ2n) is 6.63. The predicted octanol–water partition coefficient (Wildman–Crippen LogP) is -0.0148. The van der Waals surface area contributed by atoms with Crippen LogP contribution in [0.2, 0.25) is 0 Å². The molecule has 0 aromatic carbocycles. The lowest BCUT2D eigenvalue weighted by Gasteiger charge is -2.34. The maximum Gasteiger partial charge on any atom is 0.281 e. The van der Waals surface area contributed by atoms with Crippen molar-refractivity contribution in [3.05, 3.63) is 18.0 Å². The summed E-state index contributed by atoms with van der Waals surface area (Å²) in [6.45, 7) is 4.08. The first-order valence-electron chi connectivity index (χ1n) is 8.83. The summed E-state index contributed by atoms with van der Waals surface area (Å²) in [7, 11) is -0.503. The highest BCUT2D eigenvalue weighted by Gasteiger charge is 2.32. The van der Waals surface area contributed by atoms with Crippen molar-refractivity contribution in [1.82, 2.24) is 23.7 Å². The van der Waals surface area contributed by atoms with Gasteiger partial charge in [0.05, 0.1) is 6.20 Å². The van der Waals surface area contributed by atoms with Crippen molar-refractivity contribution >= 4 is 16.1 Å². The highest BCUT2D eigenvalue weighted by molar-refractivity contribution is 7.86. The minimum Gasteiger partial charge on any atom is -0.381 e. The molecule has 0 radical (unpaired) electrons. The summed E-state index contributed by atoms with van der Waals surface area (Å²) < 4.78 is 35.0. The molecule has 148 valence electrons. The summed E-state index contributed by atoms with van der Waals surface area (Å²) in [4.78, 5) is 12.0. The van der Waals surface area contributed by atoms with E-state index in [1.807, 2.05) is 13.1 Å². The normalized spacial score (nSPS) is 16.3. The zero-order valence-corrected chi connectivity index (χ0v) is 16.5. The van der Waals surface area contributed by atoms with E-state index >= 15 is 0 Å². The molecule has 0 atom stereocenters. The Morgan fingerprint density at radius 1 is 1.38 bits per heavy atom. The zero-order chi connectivity index (χ0) is 19.2. The van der Waals surface area contributed by atoms with E-state index in [9.17, 15) is 13.2 Å². The number of aromatic nitrogens is 2. The van der Waals surface area contributed by atoms with Crippen LogP contribution in [-0.4, -0.2) is 79.2 Å². The van der Waals surface area contributed by atoms with Gasteiger partial charge in [-0.15, -0.1) is 0 Å². The maximum atomic E-state index is 12.6. The van der Waals surface area contributed by atoms with E-state index < -0.39 is 10.2 Å². The number of carbonyl (C=O) groups excluding carboxylic acids is 1.